The molecule has 0 saturated carbocycles. The van der Waals surface area contributed by atoms with E-state index in [9.17, 15) is 9.18 Å². The van der Waals surface area contributed by atoms with Gasteiger partial charge in [0.15, 0.2) is 11.4 Å². The van der Waals surface area contributed by atoms with Crippen LogP contribution >= 0.6 is 11.6 Å². The fourth-order valence-electron chi connectivity index (χ4n) is 1.94. The molecule has 100 valence electrons. The number of carbonyl (C=O) groups is 1. The summed E-state index contributed by atoms with van der Waals surface area (Å²) >= 11 is 5.77. The third-order valence-corrected chi connectivity index (χ3v) is 3.11. The van der Waals surface area contributed by atoms with Crippen molar-refractivity contribution in [3.63, 3.8) is 0 Å². The molecular weight excluding hydrogens is 281 g/mol. The Balaban J connectivity index is 1.90. The van der Waals surface area contributed by atoms with Crippen LogP contribution in [0.1, 0.15) is 16.2 Å². The number of fused-ring (bicyclic) bond motifs is 1. The third-order valence-electron chi connectivity index (χ3n) is 2.88. The highest BCUT2D eigenvalue weighted by molar-refractivity contribution is 6.31. The van der Waals surface area contributed by atoms with E-state index in [-0.39, 0.29) is 17.9 Å². The smallest absolute Gasteiger partial charge is 0.203 e. The number of hydrogen-bond acceptors (Lipinski definition) is 3. The van der Waals surface area contributed by atoms with E-state index in [1.807, 2.05) is 12.1 Å². The average Bonchev–Trinajstić information content (AvgIpc) is 2.83. The number of rotatable bonds is 3. The van der Waals surface area contributed by atoms with Gasteiger partial charge < -0.3 is 4.42 Å². The highest BCUT2D eigenvalue weighted by Crippen LogP contribution is 2.19. The second kappa shape index (κ2) is 5.06. The Kier molecular flexibility index (Phi) is 3.24. The van der Waals surface area contributed by atoms with E-state index in [4.69, 9.17) is 16.0 Å². The molecule has 0 unspecified atom stereocenters. The molecule has 2 aromatic carbocycles. The lowest BCUT2D eigenvalue weighted by atomic mass is 10.1. The average molecular weight is 290 g/mol. The van der Waals surface area contributed by atoms with E-state index in [1.165, 1.54) is 18.2 Å². The lowest BCUT2D eigenvalue weighted by Crippen LogP contribution is -2.06. The molecule has 20 heavy (non-hydrogen) atoms. The quantitative estimate of drug-likeness (QED) is 0.683. The Morgan fingerprint density at radius 2 is 2.05 bits per heavy atom. The van der Waals surface area contributed by atoms with Gasteiger partial charge in [0.1, 0.15) is 11.3 Å². The number of para-hydroxylation sites is 2. The molecule has 0 spiro atoms. The first-order valence-corrected chi connectivity index (χ1v) is 6.34. The van der Waals surface area contributed by atoms with Gasteiger partial charge in [-0.1, -0.05) is 23.7 Å². The van der Waals surface area contributed by atoms with Crippen molar-refractivity contribution in [1.29, 1.82) is 0 Å². The van der Waals surface area contributed by atoms with E-state index in [2.05, 4.69) is 4.98 Å². The highest BCUT2D eigenvalue weighted by Gasteiger charge is 2.16. The second-order valence-corrected chi connectivity index (χ2v) is 4.74. The maximum atomic E-state index is 13.6. The molecule has 0 saturated heterocycles. The van der Waals surface area contributed by atoms with Crippen LogP contribution in [0.3, 0.4) is 0 Å². The van der Waals surface area contributed by atoms with Crippen LogP contribution in [0.4, 0.5) is 4.39 Å². The van der Waals surface area contributed by atoms with Crippen LogP contribution in [0, 0.1) is 5.82 Å². The Hall–Kier alpha value is -2.20. The Bertz CT molecular complexity index is 764. The molecular formula is C15H9ClFNO2. The highest BCUT2D eigenvalue weighted by atomic mass is 35.5. The third kappa shape index (κ3) is 2.42. The fraction of sp³-hybridized carbons (Fsp3) is 0.0667. The molecule has 0 N–H and O–H groups in total. The molecule has 0 aliphatic rings. The summed E-state index contributed by atoms with van der Waals surface area (Å²) in [4.78, 5) is 16.3. The van der Waals surface area contributed by atoms with Gasteiger partial charge in [0.25, 0.3) is 0 Å². The van der Waals surface area contributed by atoms with Gasteiger partial charge in [-0.15, -0.1) is 0 Å². The minimum Gasteiger partial charge on any atom is -0.440 e. The van der Waals surface area contributed by atoms with Crippen LogP contribution < -0.4 is 0 Å². The minimum atomic E-state index is -0.601. The number of nitrogens with zero attached hydrogens (tertiary/aromatic N) is 1. The zero-order valence-corrected chi connectivity index (χ0v) is 11.0. The van der Waals surface area contributed by atoms with E-state index in [0.29, 0.717) is 16.1 Å². The van der Waals surface area contributed by atoms with Crippen molar-refractivity contribution < 1.29 is 13.6 Å². The lowest BCUT2D eigenvalue weighted by Gasteiger charge is -2.01. The maximum Gasteiger partial charge on any atom is 0.203 e. The zero-order chi connectivity index (χ0) is 14.1. The van der Waals surface area contributed by atoms with Crippen LogP contribution in [-0.2, 0) is 6.42 Å². The molecule has 0 aliphatic heterocycles. The summed E-state index contributed by atoms with van der Waals surface area (Å²) in [5.41, 5.74) is 1.21. The number of Topliss-reactive ketones (excluding diaryl/α,β-unsaturated/α-hetero) is 1. The number of benzene rings is 2. The summed E-state index contributed by atoms with van der Waals surface area (Å²) in [7, 11) is 0. The number of halogens is 2. The monoisotopic (exact) mass is 289 g/mol. The first-order chi connectivity index (χ1) is 9.63. The summed E-state index contributed by atoms with van der Waals surface area (Å²) in [5, 5.41) is 0.312. The van der Waals surface area contributed by atoms with Gasteiger partial charge in [0.2, 0.25) is 5.89 Å². The molecule has 0 amide bonds. The van der Waals surface area contributed by atoms with Gasteiger partial charge >= 0.3 is 0 Å². The first kappa shape index (κ1) is 12.8. The Morgan fingerprint density at radius 1 is 1.25 bits per heavy atom. The summed E-state index contributed by atoms with van der Waals surface area (Å²) in [6.45, 7) is 0. The Labute approximate surface area is 119 Å². The number of carbonyl (C=O) groups excluding carboxylic acids is 1. The number of oxazole rings is 1. The van der Waals surface area contributed by atoms with Crippen molar-refractivity contribution in [2.45, 2.75) is 6.42 Å². The molecule has 1 heterocycles. The Morgan fingerprint density at radius 3 is 2.85 bits per heavy atom. The molecule has 3 rings (SSSR count). The molecule has 0 atom stereocenters. The number of ketones is 1. The van der Waals surface area contributed by atoms with Gasteiger partial charge in [-0.05, 0) is 30.3 Å². The second-order valence-electron chi connectivity index (χ2n) is 4.30. The number of aromatic nitrogens is 1. The molecule has 3 nitrogen and oxygen atoms in total. The molecule has 0 radical (unpaired) electrons. The molecule has 0 fully saturated rings. The van der Waals surface area contributed by atoms with Gasteiger partial charge in [-0.3, -0.25) is 4.79 Å². The summed E-state index contributed by atoms with van der Waals surface area (Å²) < 4.78 is 19.0. The SMILES string of the molecule is O=C(Cc1nc2ccccc2o1)c1cc(Cl)ccc1F. The van der Waals surface area contributed by atoms with E-state index >= 15 is 0 Å². The van der Waals surface area contributed by atoms with Crippen molar-refractivity contribution in [2.75, 3.05) is 0 Å². The van der Waals surface area contributed by atoms with Crippen molar-refractivity contribution >= 4 is 28.5 Å². The van der Waals surface area contributed by atoms with E-state index in [0.717, 1.165) is 0 Å². The van der Waals surface area contributed by atoms with E-state index < -0.39 is 11.6 Å². The summed E-state index contributed by atoms with van der Waals surface area (Å²) in [6.07, 6.45) is -0.105. The minimum absolute atomic E-state index is 0.0558. The molecule has 3 aromatic rings. The van der Waals surface area contributed by atoms with Gasteiger partial charge in [0.05, 0.1) is 12.0 Å². The van der Waals surface area contributed by atoms with Crippen LogP contribution in [0.2, 0.25) is 5.02 Å². The topological polar surface area (TPSA) is 43.1 Å². The summed E-state index contributed by atoms with van der Waals surface area (Å²) in [6, 6.07) is 11.1. The maximum absolute atomic E-state index is 13.6. The fourth-order valence-corrected chi connectivity index (χ4v) is 2.11. The molecule has 1 aromatic heterocycles. The summed E-state index contributed by atoms with van der Waals surface area (Å²) in [5.74, 6) is -0.761. The lowest BCUT2D eigenvalue weighted by molar-refractivity contribution is 0.0982. The van der Waals surface area contributed by atoms with Crippen molar-refractivity contribution in [3.8, 4) is 0 Å². The predicted molar refractivity (Wildman–Crippen MR) is 73.5 cm³/mol. The van der Waals surface area contributed by atoms with Crippen LogP contribution in [-0.4, -0.2) is 10.8 Å². The molecule has 0 aliphatic carbocycles. The van der Waals surface area contributed by atoms with Gasteiger partial charge in [0, 0.05) is 5.02 Å². The normalized spacial score (nSPS) is 10.9. The largest absolute Gasteiger partial charge is 0.440 e. The van der Waals surface area contributed by atoms with Crippen molar-refractivity contribution in [1.82, 2.24) is 4.98 Å². The molecule has 5 heteroatoms. The zero-order valence-electron chi connectivity index (χ0n) is 10.3. The van der Waals surface area contributed by atoms with Crippen LogP contribution in [0.15, 0.2) is 46.9 Å². The first-order valence-electron chi connectivity index (χ1n) is 5.96. The van der Waals surface area contributed by atoms with Crippen molar-refractivity contribution in [3.05, 3.63) is 64.8 Å². The van der Waals surface area contributed by atoms with Crippen LogP contribution in [0.5, 0.6) is 0 Å². The standard InChI is InChI=1S/C15H9ClFNO2/c16-9-5-6-11(17)10(7-9)13(19)8-15-18-12-3-1-2-4-14(12)20-15/h1-7H,8H2. The predicted octanol–water partition coefficient (Wildman–Crippen LogP) is 4.05. The van der Waals surface area contributed by atoms with Crippen LogP contribution in [0.25, 0.3) is 11.1 Å². The van der Waals surface area contributed by atoms with Gasteiger partial charge in [-0.25, -0.2) is 9.37 Å². The van der Waals surface area contributed by atoms with Crippen molar-refractivity contribution in [2.24, 2.45) is 0 Å². The van der Waals surface area contributed by atoms with E-state index in [1.54, 1.807) is 12.1 Å². The number of hydrogen-bond donors (Lipinski definition) is 0. The van der Waals surface area contributed by atoms with Gasteiger partial charge in [-0.2, -0.15) is 0 Å². The molecule has 0 bridgehead atoms.